The molecule has 1 heterocycles. The minimum atomic E-state index is 0.0815. The van der Waals surface area contributed by atoms with Gasteiger partial charge < -0.3 is 19.4 Å². The first kappa shape index (κ1) is 21.7. The van der Waals surface area contributed by atoms with Crippen LogP contribution >= 0.6 is 0 Å². The molecule has 1 amide bonds. The minimum Gasteiger partial charge on any atom is -0.493 e. The van der Waals surface area contributed by atoms with Crippen molar-refractivity contribution in [1.29, 1.82) is 0 Å². The van der Waals surface area contributed by atoms with Crippen molar-refractivity contribution in [3.05, 3.63) is 54.4 Å². The van der Waals surface area contributed by atoms with Gasteiger partial charge in [-0.05, 0) is 37.1 Å². The Morgan fingerprint density at radius 3 is 2.50 bits per heavy atom. The Bertz CT molecular complexity index is 963. The van der Waals surface area contributed by atoms with E-state index in [9.17, 15) is 4.79 Å². The monoisotopic (exact) mass is 409 g/mol. The van der Waals surface area contributed by atoms with Crippen LogP contribution < -0.4 is 14.8 Å². The van der Waals surface area contributed by atoms with Crippen molar-refractivity contribution < 1.29 is 14.3 Å². The first-order valence-electron chi connectivity index (χ1n) is 10.7. The lowest BCUT2D eigenvalue weighted by molar-refractivity contribution is -0.125. The minimum absolute atomic E-state index is 0.0815. The fraction of sp³-hybridized carbons (Fsp3) is 0.417. The van der Waals surface area contributed by atoms with E-state index in [0.29, 0.717) is 26.1 Å². The van der Waals surface area contributed by atoms with Gasteiger partial charge in [-0.1, -0.05) is 38.1 Å². The van der Waals surface area contributed by atoms with E-state index in [2.05, 4.69) is 29.8 Å². The number of benzene rings is 2. The van der Waals surface area contributed by atoms with Gasteiger partial charge in [0.2, 0.25) is 5.91 Å². The summed E-state index contributed by atoms with van der Waals surface area (Å²) in [6.45, 7) is 5.83. The summed E-state index contributed by atoms with van der Waals surface area (Å²) in [7, 11) is 1.64. The van der Waals surface area contributed by atoms with Crippen LogP contribution in [0.2, 0.25) is 0 Å². The number of fused-ring (bicyclic) bond motifs is 1. The van der Waals surface area contributed by atoms with E-state index < -0.39 is 0 Å². The molecule has 160 valence electrons. The SMILES string of the molecule is CCC(CC)C(=O)NCCc1nc2ccccc2n1CCOc1ccccc1OC. The summed E-state index contributed by atoms with van der Waals surface area (Å²) in [5.74, 6) is 2.60. The summed E-state index contributed by atoms with van der Waals surface area (Å²) >= 11 is 0. The van der Waals surface area contributed by atoms with E-state index in [1.165, 1.54) is 0 Å². The van der Waals surface area contributed by atoms with Crippen LogP contribution in [0.1, 0.15) is 32.5 Å². The molecule has 0 spiro atoms. The van der Waals surface area contributed by atoms with E-state index in [1.807, 2.05) is 42.5 Å². The lowest BCUT2D eigenvalue weighted by atomic mass is 10.0. The van der Waals surface area contributed by atoms with Crippen LogP contribution in [-0.2, 0) is 17.8 Å². The average Bonchev–Trinajstić information content (AvgIpc) is 3.12. The molecule has 0 saturated carbocycles. The van der Waals surface area contributed by atoms with Crippen molar-refractivity contribution in [2.24, 2.45) is 5.92 Å². The quantitative estimate of drug-likeness (QED) is 0.515. The topological polar surface area (TPSA) is 65.4 Å². The van der Waals surface area contributed by atoms with Crippen molar-refractivity contribution in [2.75, 3.05) is 20.3 Å². The molecule has 6 heteroatoms. The largest absolute Gasteiger partial charge is 0.493 e. The number of nitrogens with zero attached hydrogens (tertiary/aromatic N) is 2. The summed E-state index contributed by atoms with van der Waals surface area (Å²) < 4.78 is 13.5. The fourth-order valence-electron chi connectivity index (χ4n) is 3.65. The van der Waals surface area contributed by atoms with E-state index >= 15 is 0 Å². The van der Waals surface area contributed by atoms with Gasteiger partial charge >= 0.3 is 0 Å². The third-order valence-electron chi connectivity index (χ3n) is 5.38. The van der Waals surface area contributed by atoms with Gasteiger partial charge in [0.25, 0.3) is 0 Å². The smallest absolute Gasteiger partial charge is 0.223 e. The molecule has 1 aromatic heterocycles. The number of aromatic nitrogens is 2. The second kappa shape index (κ2) is 10.7. The number of hydrogen-bond donors (Lipinski definition) is 1. The van der Waals surface area contributed by atoms with Crippen molar-refractivity contribution in [2.45, 2.75) is 39.7 Å². The number of rotatable bonds is 11. The molecule has 3 aromatic rings. The number of imidazole rings is 1. The van der Waals surface area contributed by atoms with Gasteiger partial charge in [-0.2, -0.15) is 0 Å². The number of carbonyl (C=O) groups excluding carboxylic acids is 1. The average molecular weight is 410 g/mol. The number of amides is 1. The van der Waals surface area contributed by atoms with Gasteiger partial charge in [0, 0.05) is 18.9 Å². The maximum atomic E-state index is 12.3. The molecular weight excluding hydrogens is 378 g/mol. The number of para-hydroxylation sites is 4. The van der Waals surface area contributed by atoms with Gasteiger partial charge in [-0.15, -0.1) is 0 Å². The highest BCUT2D eigenvalue weighted by Crippen LogP contribution is 2.26. The zero-order valence-corrected chi connectivity index (χ0v) is 18.1. The number of hydrogen-bond acceptors (Lipinski definition) is 4. The predicted octanol–water partition coefficient (Wildman–Crippen LogP) is 4.22. The number of ether oxygens (including phenoxy) is 2. The van der Waals surface area contributed by atoms with E-state index in [4.69, 9.17) is 14.5 Å². The van der Waals surface area contributed by atoms with Crippen LogP contribution in [-0.4, -0.2) is 35.7 Å². The van der Waals surface area contributed by atoms with Crippen LogP contribution in [0.5, 0.6) is 11.5 Å². The third-order valence-corrected chi connectivity index (χ3v) is 5.38. The van der Waals surface area contributed by atoms with Crippen LogP contribution in [0.3, 0.4) is 0 Å². The summed E-state index contributed by atoms with van der Waals surface area (Å²) in [5.41, 5.74) is 2.03. The third kappa shape index (κ3) is 5.12. The maximum absolute atomic E-state index is 12.3. The Morgan fingerprint density at radius 2 is 1.77 bits per heavy atom. The molecular formula is C24H31N3O3. The lowest BCUT2D eigenvalue weighted by Gasteiger charge is -2.14. The van der Waals surface area contributed by atoms with Crippen LogP contribution in [0.4, 0.5) is 0 Å². The maximum Gasteiger partial charge on any atom is 0.223 e. The van der Waals surface area contributed by atoms with Crippen LogP contribution in [0, 0.1) is 5.92 Å². The van der Waals surface area contributed by atoms with E-state index in [1.54, 1.807) is 7.11 Å². The number of methoxy groups -OCH3 is 1. The molecule has 0 radical (unpaired) electrons. The fourth-order valence-corrected chi connectivity index (χ4v) is 3.65. The molecule has 1 N–H and O–H groups in total. The second-order valence-corrected chi connectivity index (χ2v) is 7.22. The molecule has 3 rings (SSSR count). The predicted molar refractivity (Wildman–Crippen MR) is 119 cm³/mol. The van der Waals surface area contributed by atoms with Crippen molar-refractivity contribution in [1.82, 2.24) is 14.9 Å². The Hall–Kier alpha value is -3.02. The van der Waals surface area contributed by atoms with Gasteiger partial charge in [-0.3, -0.25) is 4.79 Å². The van der Waals surface area contributed by atoms with Gasteiger partial charge in [-0.25, -0.2) is 4.98 Å². The molecule has 0 atom stereocenters. The first-order valence-corrected chi connectivity index (χ1v) is 10.7. The molecule has 0 unspecified atom stereocenters. The van der Waals surface area contributed by atoms with Gasteiger partial charge in [0.15, 0.2) is 11.5 Å². The molecule has 6 nitrogen and oxygen atoms in total. The molecule has 2 aromatic carbocycles. The molecule has 0 aliphatic heterocycles. The molecule has 0 aliphatic carbocycles. The molecule has 0 aliphatic rings. The molecule has 0 saturated heterocycles. The van der Waals surface area contributed by atoms with Crippen molar-refractivity contribution in [3.8, 4) is 11.5 Å². The van der Waals surface area contributed by atoms with Crippen LogP contribution in [0.25, 0.3) is 11.0 Å². The number of nitrogens with one attached hydrogen (secondary N) is 1. The second-order valence-electron chi connectivity index (χ2n) is 7.22. The molecule has 30 heavy (non-hydrogen) atoms. The number of carbonyl (C=O) groups is 1. The summed E-state index contributed by atoms with van der Waals surface area (Å²) in [6.07, 6.45) is 2.40. The van der Waals surface area contributed by atoms with Gasteiger partial charge in [0.05, 0.1) is 24.7 Å². The van der Waals surface area contributed by atoms with Gasteiger partial charge in [0.1, 0.15) is 12.4 Å². The highest BCUT2D eigenvalue weighted by Gasteiger charge is 2.15. The van der Waals surface area contributed by atoms with E-state index in [-0.39, 0.29) is 11.8 Å². The highest BCUT2D eigenvalue weighted by atomic mass is 16.5. The van der Waals surface area contributed by atoms with Crippen molar-refractivity contribution in [3.63, 3.8) is 0 Å². The first-order chi connectivity index (χ1) is 14.7. The van der Waals surface area contributed by atoms with Crippen LogP contribution in [0.15, 0.2) is 48.5 Å². The molecule has 0 fully saturated rings. The standard InChI is InChI=1S/C24H31N3O3/c1-4-18(5-2)24(28)25-15-14-23-26-19-10-6-7-11-20(19)27(23)16-17-30-22-13-9-8-12-21(22)29-3/h6-13,18H,4-5,14-17H2,1-3H3,(H,25,28). The zero-order chi connectivity index (χ0) is 21.3. The Kier molecular flexibility index (Phi) is 7.71. The summed E-state index contributed by atoms with van der Waals surface area (Å²) in [6, 6.07) is 15.7. The Labute approximate surface area is 178 Å². The lowest BCUT2D eigenvalue weighted by Crippen LogP contribution is -2.32. The summed E-state index contributed by atoms with van der Waals surface area (Å²) in [5, 5.41) is 3.06. The Balaban J connectivity index is 1.68. The normalized spacial score (nSPS) is 11.1. The summed E-state index contributed by atoms with van der Waals surface area (Å²) in [4.78, 5) is 17.1. The Morgan fingerprint density at radius 1 is 1.07 bits per heavy atom. The van der Waals surface area contributed by atoms with Crippen molar-refractivity contribution >= 4 is 16.9 Å². The zero-order valence-electron chi connectivity index (χ0n) is 18.1. The molecule has 0 bridgehead atoms. The van der Waals surface area contributed by atoms with E-state index in [0.717, 1.165) is 41.2 Å². The highest BCUT2D eigenvalue weighted by molar-refractivity contribution is 5.78.